The molecular weight excluding hydrogens is 170 g/mol. The summed E-state index contributed by atoms with van der Waals surface area (Å²) in [5.41, 5.74) is 6.67. The number of ether oxygens (including phenoxy) is 2. The third kappa shape index (κ3) is 1.47. The molecule has 0 aliphatic heterocycles. The normalized spacial score (nSPS) is 9.77. The molecule has 13 heavy (non-hydrogen) atoms. The summed E-state index contributed by atoms with van der Waals surface area (Å²) in [5, 5.41) is 9.54. The lowest BCUT2D eigenvalue weighted by atomic mass is 10.1. The molecule has 0 heterocycles. The number of aromatic hydroxyl groups is 1. The monoisotopic (exact) mass is 183 g/mol. The molecule has 0 radical (unpaired) electrons. The van der Waals surface area contributed by atoms with E-state index in [0.29, 0.717) is 22.7 Å². The molecule has 0 saturated heterocycles. The highest BCUT2D eigenvalue weighted by atomic mass is 16.5. The van der Waals surface area contributed by atoms with Crippen molar-refractivity contribution in [2.75, 3.05) is 20.0 Å². The van der Waals surface area contributed by atoms with E-state index in [9.17, 15) is 5.11 Å². The summed E-state index contributed by atoms with van der Waals surface area (Å²) in [6.45, 7) is 1.70. The molecule has 0 amide bonds. The fourth-order valence-electron chi connectivity index (χ4n) is 1.09. The summed E-state index contributed by atoms with van der Waals surface area (Å²) in [6.07, 6.45) is 0. The lowest BCUT2D eigenvalue weighted by Gasteiger charge is -2.12. The van der Waals surface area contributed by atoms with E-state index in [1.165, 1.54) is 14.2 Å². The second kappa shape index (κ2) is 3.43. The molecule has 0 atom stereocenters. The van der Waals surface area contributed by atoms with E-state index < -0.39 is 0 Å². The molecule has 0 bridgehead atoms. The highest BCUT2D eigenvalue weighted by Gasteiger charge is 2.12. The Hall–Kier alpha value is -1.58. The zero-order valence-electron chi connectivity index (χ0n) is 7.92. The molecule has 0 spiro atoms. The van der Waals surface area contributed by atoms with Crippen molar-refractivity contribution in [1.29, 1.82) is 0 Å². The van der Waals surface area contributed by atoms with Crippen LogP contribution in [0.5, 0.6) is 17.2 Å². The van der Waals surface area contributed by atoms with Crippen molar-refractivity contribution in [3.63, 3.8) is 0 Å². The van der Waals surface area contributed by atoms with Gasteiger partial charge < -0.3 is 20.3 Å². The molecule has 3 N–H and O–H groups in total. The van der Waals surface area contributed by atoms with Gasteiger partial charge >= 0.3 is 0 Å². The van der Waals surface area contributed by atoms with Gasteiger partial charge in [-0.05, 0) is 6.92 Å². The fraction of sp³-hybridized carbons (Fsp3) is 0.333. The minimum Gasteiger partial charge on any atom is -0.504 e. The molecule has 1 rings (SSSR count). The van der Waals surface area contributed by atoms with E-state index in [-0.39, 0.29) is 5.75 Å². The molecule has 0 saturated carbocycles. The van der Waals surface area contributed by atoms with Gasteiger partial charge in [0, 0.05) is 11.6 Å². The van der Waals surface area contributed by atoms with Crippen LogP contribution in [0.25, 0.3) is 0 Å². The molecule has 0 fully saturated rings. The van der Waals surface area contributed by atoms with Crippen molar-refractivity contribution >= 4 is 5.69 Å². The van der Waals surface area contributed by atoms with Crippen LogP contribution in [-0.4, -0.2) is 19.3 Å². The largest absolute Gasteiger partial charge is 0.504 e. The van der Waals surface area contributed by atoms with Crippen LogP contribution in [0, 0.1) is 6.92 Å². The van der Waals surface area contributed by atoms with Crippen LogP contribution in [-0.2, 0) is 0 Å². The number of anilines is 1. The molecule has 1 aromatic carbocycles. The molecule has 72 valence electrons. The summed E-state index contributed by atoms with van der Waals surface area (Å²) < 4.78 is 9.94. The Kier molecular flexibility index (Phi) is 2.51. The van der Waals surface area contributed by atoms with Crippen LogP contribution >= 0.6 is 0 Å². The summed E-state index contributed by atoms with van der Waals surface area (Å²) >= 11 is 0. The zero-order chi connectivity index (χ0) is 10.0. The molecule has 0 aliphatic rings. The van der Waals surface area contributed by atoms with Crippen LogP contribution in [0.2, 0.25) is 0 Å². The minimum atomic E-state index is 0.0563. The summed E-state index contributed by atoms with van der Waals surface area (Å²) in [6, 6.07) is 1.55. The van der Waals surface area contributed by atoms with Crippen molar-refractivity contribution in [3.05, 3.63) is 11.6 Å². The maximum atomic E-state index is 9.54. The van der Waals surface area contributed by atoms with Crippen LogP contribution in [0.1, 0.15) is 5.56 Å². The van der Waals surface area contributed by atoms with Crippen LogP contribution in [0.15, 0.2) is 6.07 Å². The predicted molar refractivity (Wildman–Crippen MR) is 50.4 cm³/mol. The number of hydrogen-bond acceptors (Lipinski definition) is 4. The molecule has 4 nitrogen and oxygen atoms in total. The van der Waals surface area contributed by atoms with E-state index in [0.717, 1.165) is 0 Å². The molecular formula is C9H13NO3. The van der Waals surface area contributed by atoms with Crippen molar-refractivity contribution in [2.24, 2.45) is 0 Å². The number of phenolic OH excluding ortho intramolecular Hbond substituents is 1. The number of nitrogen functional groups attached to an aromatic ring is 1. The van der Waals surface area contributed by atoms with Crippen molar-refractivity contribution in [2.45, 2.75) is 6.92 Å². The Morgan fingerprint density at radius 2 is 1.77 bits per heavy atom. The van der Waals surface area contributed by atoms with E-state index in [1.54, 1.807) is 13.0 Å². The Morgan fingerprint density at radius 1 is 1.23 bits per heavy atom. The average molecular weight is 183 g/mol. The third-order valence-electron chi connectivity index (χ3n) is 1.96. The van der Waals surface area contributed by atoms with Gasteiger partial charge in [-0.1, -0.05) is 0 Å². The van der Waals surface area contributed by atoms with Gasteiger partial charge in [0.05, 0.1) is 19.9 Å². The lowest BCUT2D eigenvalue weighted by molar-refractivity contribution is 0.363. The Bertz CT molecular complexity index is 295. The second-order valence-corrected chi connectivity index (χ2v) is 2.67. The smallest absolute Gasteiger partial charge is 0.164 e. The first kappa shape index (κ1) is 9.51. The summed E-state index contributed by atoms with van der Waals surface area (Å²) in [4.78, 5) is 0. The first-order valence-electron chi connectivity index (χ1n) is 3.81. The van der Waals surface area contributed by atoms with Crippen LogP contribution < -0.4 is 15.2 Å². The first-order valence-corrected chi connectivity index (χ1v) is 3.81. The van der Waals surface area contributed by atoms with Gasteiger partial charge in [-0.3, -0.25) is 0 Å². The number of hydrogen-bond donors (Lipinski definition) is 2. The topological polar surface area (TPSA) is 64.7 Å². The van der Waals surface area contributed by atoms with Gasteiger partial charge in [0.1, 0.15) is 5.75 Å². The Balaban J connectivity index is 3.36. The SMILES string of the molecule is COc1cc(OC)c(O)c(C)c1N. The maximum Gasteiger partial charge on any atom is 0.164 e. The lowest BCUT2D eigenvalue weighted by Crippen LogP contribution is -1.97. The number of benzene rings is 1. The second-order valence-electron chi connectivity index (χ2n) is 2.67. The van der Waals surface area contributed by atoms with E-state index in [2.05, 4.69) is 0 Å². The standard InChI is InChI=1S/C9H13NO3/c1-5-8(10)6(12-2)4-7(13-3)9(5)11/h4,11H,10H2,1-3H3. The van der Waals surface area contributed by atoms with Gasteiger partial charge in [-0.25, -0.2) is 0 Å². The quantitative estimate of drug-likeness (QED) is 0.678. The van der Waals surface area contributed by atoms with Gasteiger partial charge in [0.2, 0.25) is 0 Å². The van der Waals surface area contributed by atoms with Crippen molar-refractivity contribution in [3.8, 4) is 17.2 Å². The molecule has 1 aromatic rings. The van der Waals surface area contributed by atoms with Crippen LogP contribution in [0.3, 0.4) is 0 Å². The predicted octanol–water partition coefficient (Wildman–Crippen LogP) is 1.30. The Morgan fingerprint density at radius 3 is 2.23 bits per heavy atom. The maximum absolute atomic E-state index is 9.54. The fourth-order valence-corrected chi connectivity index (χ4v) is 1.09. The number of rotatable bonds is 2. The molecule has 0 unspecified atom stereocenters. The number of methoxy groups -OCH3 is 2. The minimum absolute atomic E-state index is 0.0563. The molecule has 4 heteroatoms. The average Bonchev–Trinajstić information content (AvgIpc) is 2.15. The van der Waals surface area contributed by atoms with Gasteiger partial charge in [0.15, 0.2) is 11.5 Å². The number of phenols is 1. The molecule has 0 aliphatic carbocycles. The molecule has 0 aromatic heterocycles. The van der Waals surface area contributed by atoms with E-state index in [4.69, 9.17) is 15.2 Å². The van der Waals surface area contributed by atoms with E-state index in [1.807, 2.05) is 0 Å². The van der Waals surface area contributed by atoms with Crippen LogP contribution in [0.4, 0.5) is 5.69 Å². The zero-order valence-corrected chi connectivity index (χ0v) is 7.92. The first-order chi connectivity index (χ1) is 6.11. The van der Waals surface area contributed by atoms with Gasteiger partial charge in [-0.15, -0.1) is 0 Å². The summed E-state index contributed by atoms with van der Waals surface area (Å²) in [5.74, 6) is 0.927. The van der Waals surface area contributed by atoms with Gasteiger partial charge in [-0.2, -0.15) is 0 Å². The highest BCUT2D eigenvalue weighted by molar-refractivity contribution is 5.67. The van der Waals surface area contributed by atoms with Crippen molar-refractivity contribution < 1.29 is 14.6 Å². The highest BCUT2D eigenvalue weighted by Crippen LogP contribution is 2.39. The van der Waals surface area contributed by atoms with Crippen molar-refractivity contribution in [1.82, 2.24) is 0 Å². The third-order valence-corrected chi connectivity index (χ3v) is 1.96. The summed E-state index contributed by atoms with van der Waals surface area (Å²) in [7, 11) is 2.99. The Labute approximate surface area is 76.9 Å². The van der Waals surface area contributed by atoms with E-state index >= 15 is 0 Å². The van der Waals surface area contributed by atoms with Gasteiger partial charge in [0.25, 0.3) is 0 Å². The number of nitrogens with two attached hydrogens (primary N) is 1.